The SMILES string of the molecule is O=C(NCC=Cc1ccc(O)cc1O)OCc1ccccc1. The molecule has 0 radical (unpaired) electrons. The van der Waals surface area contributed by atoms with Crippen LogP contribution in [0.25, 0.3) is 6.08 Å². The number of amides is 1. The largest absolute Gasteiger partial charge is 0.508 e. The van der Waals surface area contributed by atoms with Crippen LogP contribution >= 0.6 is 0 Å². The number of aromatic hydroxyl groups is 2. The highest BCUT2D eigenvalue weighted by molar-refractivity contribution is 5.67. The van der Waals surface area contributed by atoms with Gasteiger partial charge >= 0.3 is 6.09 Å². The normalized spacial score (nSPS) is 10.5. The molecule has 1 amide bonds. The molecule has 2 aromatic rings. The fourth-order valence-corrected chi connectivity index (χ4v) is 1.78. The van der Waals surface area contributed by atoms with Gasteiger partial charge in [-0.15, -0.1) is 0 Å². The first kappa shape index (κ1) is 15.4. The number of carbonyl (C=O) groups is 1. The standard InChI is InChI=1S/C17H17NO4/c19-15-9-8-14(16(20)11-15)7-4-10-18-17(21)22-12-13-5-2-1-3-6-13/h1-9,11,19-20H,10,12H2,(H,18,21). The maximum atomic E-state index is 11.5. The lowest BCUT2D eigenvalue weighted by Crippen LogP contribution is -2.24. The number of nitrogens with one attached hydrogen (secondary N) is 1. The molecule has 0 unspecified atom stereocenters. The molecule has 0 atom stereocenters. The smallest absolute Gasteiger partial charge is 0.407 e. The van der Waals surface area contributed by atoms with E-state index in [-0.39, 0.29) is 24.7 Å². The van der Waals surface area contributed by atoms with Crippen molar-refractivity contribution in [1.29, 1.82) is 0 Å². The highest BCUT2D eigenvalue weighted by atomic mass is 16.5. The number of ether oxygens (including phenoxy) is 1. The monoisotopic (exact) mass is 299 g/mol. The van der Waals surface area contributed by atoms with Gasteiger partial charge in [0.2, 0.25) is 0 Å². The van der Waals surface area contributed by atoms with Gasteiger partial charge in [-0.2, -0.15) is 0 Å². The van der Waals surface area contributed by atoms with E-state index < -0.39 is 6.09 Å². The zero-order valence-electron chi connectivity index (χ0n) is 11.9. The van der Waals surface area contributed by atoms with Gasteiger partial charge in [0.15, 0.2) is 0 Å². The van der Waals surface area contributed by atoms with Crippen LogP contribution in [0.3, 0.4) is 0 Å². The third kappa shape index (κ3) is 4.86. The van der Waals surface area contributed by atoms with Gasteiger partial charge in [0.1, 0.15) is 18.1 Å². The van der Waals surface area contributed by atoms with E-state index >= 15 is 0 Å². The lowest BCUT2D eigenvalue weighted by atomic mass is 10.2. The van der Waals surface area contributed by atoms with Gasteiger partial charge in [0.05, 0.1) is 0 Å². The van der Waals surface area contributed by atoms with Gasteiger partial charge in [-0.3, -0.25) is 0 Å². The van der Waals surface area contributed by atoms with E-state index in [4.69, 9.17) is 4.74 Å². The molecular weight excluding hydrogens is 282 g/mol. The summed E-state index contributed by atoms with van der Waals surface area (Å²) < 4.78 is 5.05. The van der Waals surface area contributed by atoms with Crippen LogP contribution in [-0.2, 0) is 11.3 Å². The summed E-state index contributed by atoms with van der Waals surface area (Å²) in [4.78, 5) is 11.5. The number of hydrogen-bond acceptors (Lipinski definition) is 4. The van der Waals surface area contributed by atoms with Gasteiger partial charge in [-0.05, 0) is 17.7 Å². The van der Waals surface area contributed by atoms with E-state index in [0.717, 1.165) is 5.56 Å². The van der Waals surface area contributed by atoms with Crippen LogP contribution in [0, 0.1) is 0 Å². The van der Waals surface area contributed by atoms with Crippen molar-refractivity contribution in [3.05, 3.63) is 65.7 Å². The lowest BCUT2D eigenvalue weighted by molar-refractivity contribution is 0.141. The third-order valence-electron chi connectivity index (χ3n) is 2.89. The molecule has 0 aliphatic rings. The van der Waals surface area contributed by atoms with Crippen LogP contribution < -0.4 is 5.32 Å². The van der Waals surface area contributed by atoms with E-state index in [1.54, 1.807) is 18.2 Å². The summed E-state index contributed by atoms with van der Waals surface area (Å²) in [6, 6.07) is 13.7. The first-order valence-electron chi connectivity index (χ1n) is 6.78. The van der Waals surface area contributed by atoms with Crippen molar-refractivity contribution in [3.8, 4) is 11.5 Å². The number of benzene rings is 2. The third-order valence-corrected chi connectivity index (χ3v) is 2.89. The molecule has 0 aliphatic carbocycles. The van der Waals surface area contributed by atoms with Crippen molar-refractivity contribution in [3.63, 3.8) is 0 Å². The number of rotatable bonds is 5. The summed E-state index contributed by atoms with van der Waals surface area (Å²) in [5.74, 6) is -0.0276. The number of phenols is 2. The van der Waals surface area contributed by atoms with E-state index in [2.05, 4.69) is 5.32 Å². The predicted molar refractivity (Wildman–Crippen MR) is 83.4 cm³/mol. The molecule has 5 heteroatoms. The molecule has 114 valence electrons. The second-order valence-corrected chi connectivity index (χ2v) is 4.59. The Morgan fingerprint density at radius 2 is 1.91 bits per heavy atom. The first-order chi connectivity index (χ1) is 10.6. The maximum absolute atomic E-state index is 11.5. The molecule has 0 saturated carbocycles. The van der Waals surface area contributed by atoms with Gasteiger partial charge in [0.25, 0.3) is 0 Å². The van der Waals surface area contributed by atoms with Crippen molar-refractivity contribution < 1.29 is 19.7 Å². The van der Waals surface area contributed by atoms with Gasteiger partial charge in [-0.25, -0.2) is 4.79 Å². The molecule has 0 spiro atoms. The molecule has 0 saturated heterocycles. The molecule has 0 heterocycles. The van der Waals surface area contributed by atoms with Crippen molar-refractivity contribution >= 4 is 12.2 Å². The van der Waals surface area contributed by atoms with Crippen LogP contribution in [0.4, 0.5) is 4.79 Å². The summed E-state index contributed by atoms with van der Waals surface area (Å²) in [5, 5.41) is 21.3. The molecule has 3 N–H and O–H groups in total. The van der Waals surface area contributed by atoms with Gasteiger partial charge < -0.3 is 20.3 Å². The summed E-state index contributed by atoms with van der Waals surface area (Å²) in [6.07, 6.45) is 2.81. The average molecular weight is 299 g/mol. The molecule has 0 fully saturated rings. The Kier molecular flexibility index (Phi) is 5.43. The number of alkyl carbamates (subject to hydrolysis) is 1. The Morgan fingerprint density at radius 1 is 1.14 bits per heavy atom. The quantitative estimate of drug-likeness (QED) is 0.793. The van der Waals surface area contributed by atoms with E-state index in [1.165, 1.54) is 12.1 Å². The molecule has 2 rings (SSSR count). The Bertz CT molecular complexity index is 653. The van der Waals surface area contributed by atoms with Crippen LogP contribution in [0.2, 0.25) is 0 Å². The Hall–Kier alpha value is -2.95. The molecular formula is C17H17NO4. The second-order valence-electron chi connectivity index (χ2n) is 4.59. The minimum absolute atomic E-state index is 0.00253. The Morgan fingerprint density at radius 3 is 2.64 bits per heavy atom. The highest BCUT2D eigenvalue weighted by Crippen LogP contribution is 2.23. The minimum atomic E-state index is -0.511. The molecule has 22 heavy (non-hydrogen) atoms. The topological polar surface area (TPSA) is 78.8 Å². The second kappa shape index (κ2) is 7.73. The van der Waals surface area contributed by atoms with Crippen molar-refractivity contribution in [1.82, 2.24) is 5.32 Å². The summed E-state index contributed by atoms with van der Waals surface area (Å²) in [7, 11) is 0. The Labute approximate surface area is 128 Å². The number of phenolic OH excluding ortho intramolecular Hbond substituents is 2. The Balaban J connectivity index is 1.73. The zero-order chi connectivity index (χ0) is 15.8. The fourth-order valence-electron chi connectivity index (χ4n) is 1.78. The van der Waals surface area contributed by atoms with Crippen LogP contribution in [0.5, 0.6) is 11.5 Å². The van der Waals surface area contributed by atoms with Crippen LogP contribution in [0.1, 0.15) is 11.1 Å². The zero-order valence-corrected chi connectivity index (χ0v) is 11.9. The fraction of sp³-hybridized carbons (Fsp3) is 0.118. The van der Waals surface area contributed by atoms with E-state index in [9.17, 15) is 15.0 Å². The summed E-state index contributed by atoms with van der Waals surface area (Å²) in [6.45, 7) is 0.489. The predicted octanol–water partition coefficient (Wildman–Crippen LogP) is 3.04. The minimum Gasteiger partial charge on any atom is -0.508 e. The number of hydrogen-bond donors (Lipinski definition) is 3. The average Bonchev–Trinajstić information content (AvgIpc) is 2.52. The summed E-state index contributed by atoms with van der Waals surface area (Å²) in [5.41, 5.74) is 1.47. The molecule has 0 bridgehead atoms. The molecule has 2 aromatic carbocycles. The van der Waals surface area contributed by atoms with Crippen LogP contribution in [0.15, 0.2) is 54.6 Å². The molecule has 5 nitrogen and oxygen atoms in total. The number of carbonyl (C=O) groups excluding carboxylic acids is 1. The van der Waals surface area contributed by atoms with Gasteiger partial charge in [0, 0.05) is 18.2 Å². The van der Waals surface area contributed by atoms with Crippen LogP contribution in [-0.4, -0.2) is 22.9 Å². The van der Waals surface area contributed by atoms with Crippen molar-refractivity contribution in [2.45, 2.75) is 6.61 Å². The maximum Gasteiger partial charge on any atom is 0.407 e. The molecule has 0 aromatic heterocycles. The van der Waals surface area contributed by atoms with E-state index in [1.807, 2.05) is 30.3 Å². The first-order valence-corrected chi connectivity index (χ1v) is 6.78. The van der Waals surface area contributed by atoms with E-state index in [0.29, 0.717) is 5.56 Å². The van der Waals surface area contributed by atoms with Gasteiger partial charge in [-0.1, -0.05) is 42.5 Å². The summed E-state index contributed by atoms with van der Waals surface area (Å²) >= 11 is 0. The van der Waals surface area contributed by atoms with Crippen molar-refractivity contribution in [2.24, 2.45) is 0 Å². The lowest BCUT2D eigenvalue weighted by Gasteiger charge is -2.05. The van der Waals surface area contributed by atoms with Crippen molar-refractivity contribution in [2.75, 3.05) is 6.54 Å². The molecule has 0 aliphatic heterocycles. The highest BCUT2D eigenvalue weighted by Gasteiger charge is 2.01.